The molecule has 0 aromatic carbocycles. The second-order valence-electron chi connectivity index (χ2n) is 4.44. The number of rotatable bonds is 1. The minimum absolute atomic E-state index is 0.506. The Balaban J connectivity index is 2.74. The number of amides is 2. The van der Waals surface area contributed by atoms with Crippen molar-refractivity contribution in [1.29, 1.82) is 0 Å². The Kier molecular flexibility index (Phi) is 3.13. The van der Waals surface area contributed by atoms with Crippen molar-refractivity contribution in [2.75, 3.05) is 5.75 Å². The van der Waals surface area contributed by atoms with Gasteiger partial charge in [-0.1, -0.05) is 0 Å². The van der Waals surface area contributed by atoms with Crippen molar-refractivity contribution in [3.05, 3.63) is 0 Å². The number of nitrogens with one attached hydrogen (secondary N) is 2. The van der Waals surface area contributed by atoms with E-state index in [0.717, 1.165) is 0 Å². The van der Waals surface area contributed by atoms with Gasteiger partial charge in [0.15, 0.2) is 0 Å². The van der Waals surface area contributed by atoms with Crippen LogP contribution in [0.15, 0.2) is 0 Å². The van der Waals surface area contributed by atoms with Crippen molar-refractivity contribution in [3.8, 4) is 0 Å². The van der Waals surface area contributed by atoms with Gasteiger partial charge in [-0.2, -0.15) is 0 Å². The summed E-state index contributed by atoms with van der Waals surface area (Å²) in [7, 11) is -3.74. The van der Waals surface area contributed by atoms with Gasteiger partial charge in [-0.3, -0.25) is 0 Å². The predicted molar refractivity (Wildman–Crippen MR) is 55.1 cm³/mol. The van der Waals surface area contributed by atoms with Crippen molar-refractivity contribution in [3.63, 3.8) is 0 Å². The Labute approximate surface area is 93.6 Å². The number of hydrogen-bond donors (Lipinski definition) is 2. The first-order valence-corrected chi connectivity index (χ1v) is 6.28. The molecule has 1 aliphatic heterocycles. The first-order chi connectivity index (χ1) is 7.09. The zero-order valence-electron chi connectivity index (χ0n) is 9.23. The molecule has 0 bridgehead atoms. The Morgan fingerprint density at radius 3 is 2.44 bits per heavy atom. The molecular weight excluding hydrogens is 236 g/mol. The van der Waals surface area contributed by atoms with Crippen LogP contribution in [0.25, 0.3) is 0 Å². The molecule has 1 aliphatic rings. The molecule has 0 unspecified atom stereocenters. The molecule has 0 aliphatic carbocycles. The maximum absolute atomic E-state index is 11.5. The highest BCUT2D eigenvalue weighted by molar-refractivity contribution is 7.90. The van der Waals surface area contributed by atoms with Crippen LogP contribution in [0.2, 0.25) is 0 Å². The fourth-order valence-electron chi connectivity index (χ4n) is 1.13. The summed E-state index contributed by atoms with van der Waals surface area (Å²) < 4.78 is 29.0. The van der Waals surface area contributed by atoms with E-state index in [1.807, 2.05) is 0 Å². The normalized spacial score (nSPS) is 24.2. The molecule has 7 nitrogen and oxygen atoms in total. The lowest BCUT2D eigenvalue weighted by Crippen LogP contribution is -2.58. The highest BCUT2D eigenvalue weighted by Gasteiger charge is 2.35. The second-order valence-corrected chi connectivity index (χ2v) is 6.21. The summed E-state index contributed by atoms with van der Waals surface area (Å²) in [6.45, 7) is 4.97. The maximum atomic E-state index is 11.5. The average Bonchev–Trinajstić information content (AvgIpc) is 1.96. The Hall–Kier alpha value is -1.31. The van der Waals surface area contributed by atoms with Gasteiger partial charge in [0.2, 0.25) is 10.0 Å². The zero-order chi connectivity index (χ0) is 12.6. The summed E-state index contributed by atoms with van der Waals surface area (Å²) in [6.07, 6.45) is 0. The van der Waals surface area contributed by atoms with Gasteiger partial charge in [0.25, 0.3) is 0 Å². The van der Waals surface area contributed by atoms with E-state index in [-0.39, 0.29) is 0 Å². The van der Waals surface area contributed by atoms with E-state index in [0.29, 0.717) is 0 Å². The van der Waals surface area contributed by atoms with Crippen LogP contribution in [0.1, 0.15) is 20.8 Å². The molecule has 2 amide bonds. The van der Waals surface area contributed by atoms with E-state index in [1.54, 1.807) is 25.5 Å². The van der Waals surface area contributed by atoms with Gasteiger partial charge in [-0.15, -0.1) is 0 Å². The SMILES string of the molecule is CC(C)(C)OC(=O)[C@@H]1CS(=O)(=O)NC(=O)N1. The number of esters is 1. The molecule has 0 aromatic rings. The van der Waals surface area contributed by atoms with E-state index in [4.69, 9.17) is 4.74 Å². The van der Waals surface area contributed by atoms with Crippen LogP contribution in [0.3, 0.4) is 0 Å². The number of ether oxygens (including phenoxy) is 1. The van der Waals surface area contributed by atoms with E-state index in [2.05, 4.69) is 5.32 Å². The summed E-state index contributed by atoms with van der Waals surface area (Å²) in [5.74, 6) is -1.26. The van der Waals surface area contributed by atoms with Crippen LogP contribution < -0.4 is 10.0 Å². The lowest BCUT2D eigenvalue weighted by Gasteiger charge is -2.26. The molecule has 0 spiro atoms. The predicted octanol–water partition coefficient (Wildman–Crippen LogP) is -0.661. The third kappa shape index (κ3) is 3.69. The molecule has 0 saturated carbocycles. The Morgan fingerprint density at radius 1 is 1.44 bits per heavy atom. The van der Waals surface area contributed by atoms with Crippen LogP contribution in [0.5, 0.6) is 0 Å². The summed E-state index contributed by atoms with van der Waals surface area (Å²) in [6, 6.07) is -2.07. The average molecular weight is 250 g/mol. The van der Waals surface area contributed by atoms with Gasteiger partial charge in [-0.25, -0.2) is 22.7 Å². The van der Waals surface area contributed by atoms with Crippen molar-refractivity contribution in [2.45, 2.75) is 32.4 Å². The quantitative estimate of drug-likeness (QED) is 0.601. The van der Waals surface area contributed by atoms with Gasteiger partial charge in [0.1, 0.15) is 17.4 Å². The van der Waals surface area contributed by atoms with Gasteiger partial charge in [0, 0.05) is 0 Å². The molecule has 1 heterocycles. The van der Waals surface area contributed by atoms with Crippen LogP contribution in [0.4, 0.5) is 4.79 Å². The lowest BCUT2D eigenvalue weighted by atomic mass is 10.2. The molecular formula is C8H14N2O5S. The highest BCUT2D eigenvalue weighted by Crippen LogP contribution is 2.10. The smallest absolute Gasteiger partial charge is 0.330 e. The topological polar surface area (TPSA) is 102 Å². The molecule has 92 valence electrons. The molecule has 8 heteroatoms. The summed E-state index contributed by atoms with van der Waals surface area (Å²) >= 11 is 0. The fraction of sp³-hybridized carbons (Fsp3) is 0.750. The zero-order valence-corrected chi connectivity index (χ0v) is 10.1. The monoisotopic (exact) mass is 250 g/mol. The standard InChI is InChI=1S/C8H14N2O5S/c1-8(2,3)15-6(11)5-4-16(13,14)10-7(12)9-5/h5H,4H2,1-3H3,(H2,9,10,12)/t5-/m0/s1. The molecule has 0 aromatic heterocycles. The lowest BCUT2D eigenvalue weighted by molar-refractivity contribution is -0.156. The van der Waals surface area contributed by atoms with Gasteiger partial charge in [0.05, 0.1) is 0 Å². The third-order valence-corrected chi connectivity index (χ3v) is 2.90. The van der Waals surface area contributed by atoms with Gasteiger partial charge < -0.3 is 10.1 Å². The van der Waals surface area contributed by atoms with Crippen LogP contribution in [-0.4, -0.2) is 37.8 Å². The number of hydrogen-bond acceptors (Lipinski definition) is 5. The number of carbonyl (C=O) groups excluding carboxylic acids is 2. The molecule has 1 saturated heterocycles. The van der Waals surface area contributed by atoms with E-state index >= 15 is 0 Å². The van der Waals surface area contributed by atoms with Gasteiger partial charge >= 0.3 is 12.0 Å². The first-order valence-electron chi connectivity index (χ1n) is 4.63. The van der Waals surface area contributed by atoms with Crippen molar-refractivity contribution < 1.29 is 22.7 Å². The van der Waals surface area contributed by atoms with Crippen LogP contribution in [0, 0.1) is 0 Å². The second kappa shape index (κ2) is 3.93. The summed E-state index contributed by atoms with van der Waals surface area (Å²) in [5, 5.41) is 2.19. The minimum Gasteiger partial charge on any atom is -0.458 e. The molecule has 2 N–H and O–H groups in total. The summed E-state index contributed by atoms with van der Waals surface area (Å²) in [5.41, 5.74) is -0.726. The molecule has 1 rings (SSSR count). The highest BCUT2D eigenvalue weighted by atomic mass is 32.2. The number of sulfonamides is 1. The third-order valence-electron chi connectivity index (χ3n) is 1.63. The summed E-state index contributed by atoms with van der Waals surface area (Å²) in [4.78, 5) is 22.5. The van der Waals surface area contributed by atoms with Crippen LogP contribution >= 0.6 is 0 Å². The van der Waals surface area contributed by atoms with E-state index < -0.39 is 39.4 Å². The largest absolute Gasteiger partial charge is 0.458 e. The van der Waals surface area contributed by atoms with E-state index in [9.17, 15) is 18.0 Å². The maximum Gasteiger partial charge on any atom is 0.330 e. The molecule has 0 radical (unpaired) electrons. The number of carbonyl (C=O) groups is 2. The first kappa shape index (κ1) is 12.8. The molecule has 1 fully saturated rings. The Morgan fingerprint density at radius 2 is 2.00 bits per heavy atom. The Bertz CT molecular complexity index is 409. The van der Waals surface area contributed by atoms with Gasteiger partial charge in [-0.05, 0) is 20.8 Å². The minimum atomic E-state index is -3.74. The van der Waals surface area contributed by atoms with Crippen LogP contribution in [-0.2, 0) is 19.6 Å². The van der Waals surface area contributed by atoms with Crippen molar-refractivity contribution in [2.24, 2.45) is 0 Å². The van der Waals surface area contributed by atoms with Crippen molar-refractivity contribution in [1.82, 2.24) is 10.0 Å². The van der Waals surface area contributed by atoms with Crippen molar-refractivity contribution >= 4 is 22.0 Å². The fourth-order valence-corrected chi connectivity index (χ4v) is 2.21. The van der Waals surface area contributed by atoms with E-state index in [1.165, 1.54) is 0 Å². The molecule has 1 atom stereocenters. The number of urea groups is 1. The molecule has 16 heavy (non-hydrogen) atoms.